The molecule has 3 heteroatoms. The summed E-state index contributed by atoms with van der Waals surface area (Å²) in [4.78, 5) is 11.5. The molecule has 1 atom stereocenters. The summed E-state index contributed by atoms with van der Waals surface area (Å²) in [7, 11) is 0. The fraction of sp³-hybridized carbons (Fsp3) is 0.562. The second kappa shape index (κ2) is 4.97. The normalized spacial score (nSPS) is 15.1. The minimum atomic E-state index is -1.25. The minimum absolute atomic E-state index is 0.0207. The van der Waals surface area contributed by atoms with Crippen LogP contribution in [-0.2, 0) is 15.6 Å². The predicted octanol–water partition coefficient (Wildman–Crippen LogP) is 2.94. The van der Waals surface area contributed by atoms with E-state index in [9.17, 15) is 15.0 Å². The molecule has 0 radical (unpaired) electrons. The average molecular weight is 264 g/mol. The molecule has 0 saturated carbocycles. The molecule has 2 N–H and O–H groups in total. The Morgan fingerprint density at radius 2 is 1.53 bits per heavy atom. The van der Waals surface area contributed by atoms with E-state index in [1.807, 2.05) is 26.0 Å². The second-order valence-electron chi connectivity index (χ2n) is 6.53. The van der Waals surface area contributed by atoms with Crippen LogP contribution in [-0.4, -0.2) is 22.8 Å². The Labute approximate surface area is 115 Å². The summed E-state index contributed by atoms with van der Waals surface area (Å²) in [6.07, 6.45) is 0. The minimum Gasteiger partial charge on any atom is -0.481 e. The van der Waals surface area contributed by atoms with E-state index in [0.29, 0.717) is 0 Å². The van der Waals surface area contributed by atoms with Crippen LogP contribution in [0.25, 0.3) is 0 Å². The zero-order valence-electron chi connectivity index (χ0n) is 12.7. The molecule has 0 aromatic heterocycles. The van der Waals surface area contributed by atoms with Crippen LogP contribution in [0.4, 0.5) is 0 Å². The lowest BCUT2D eigenvalue weighted by Gasteiger charge is -2.29. The zero-order valence-corrected chi connectivity index (χ0v) is 12.7. The lowest BCUT2D eigenvalue weighted by molar-refractivity contribution is -0.144. The Hall–Kier alpha value is -1.35. The maximum absolute atomic E-state index is 11.5. The first-order valence-corrected chi connectivity index (χ1v) is 6.50. The van der Waals surface area contributed by atoms with Crippen molar-refractivity contribution < 1.29 is 15.0 Å². The van der Waals surface area contributed by atoms with E-state index in [2.05, 4.69) is 20.8 Å². The van der Waals surface area contributed by atoms with Crippen molar-refractivity contribution in [2.75, 3.05) is 6.61 Å². The van der Waals surface area contributed by atoms with Crippen LogP contribution in [0.1, 0.15) is 49.9 Å². The van der Waals surface area contributed by atoms with Crippen LogP contribution in [0.5, 0.6) is 0 Å². The molecule has 0 spiro atoms. The maximum Gasteiger partial charge on any atom is 0.316 e. The quantitative estimate of drug-likeness (QED) is 0.882. The molecule has 0 amide bonds. The molecule has 19 heavy (non-hydrogen) atoms. The first-order valence-electron chi connectivity index (χ1n) is 6.50. The maximum atomic E-state index is 11.5. The highest BCUT2D eigenvalue weighted by Crippen LogP contribution is 2.34. The summed E-state index contributed by atoms with van der Waals surface area (Å²) >= 11 is 0. The van der Waals surface area contributed by atoms with E-state index < -0.39 is 18.0 Å². The Morgan fingerprint density at radius 3 is 1.79 bits per heavy atom. The van der Waals surface area contributed by atoms with E-state index in [1.165, 1.54) is 5.56 Å². The SMILES string of the molecule is Cc1cc(C(C)(C)C)cc(C)c1C(C)(CO)C(=O)O. The average Bonchev–Trinajstić information content (AvgIpc) is 2.26. The van der Waals surface area contributed by atoms with Gasteiger partial charge in [-0.2, -0.15) is 0 Å². The molecule has 3 nitrogen and oxygen atoms in total. The molecule has 106 valence electrons. The molecule has 1 unspecified atom stereocenters. The Balaban J connectivity index is 3.52. The topological polar surface area (TPSA) is 57.5 Å². The van der Waals surface area contributed by atoms with Gasteiger partial charge in [0.1, 0.15) is 5.41 Å². The molecular weight excluding hydrogens is 240 g/mol. The molecule has 1 aromatic rings. The molecule has 0 aliphatic carbocycles. The van der Waals surface area contributed by atoms with Gasteiger partial charge in [-0.1, -0.05) is 32.9 Å². The molecule has 0 bridgehead atoms. The van der Waals surface area contributed by atoms with E-state index >= 15 is 0 Å². The van der Waals surface area contributed by atoms with Crippen molar-refractivity contribution in [3.05, 3.63) is 34.4 Å². The van der Waals surface area contributed by atoms with Crippen LogP contribution >= 0.6 is 0 Å². The van der Waals surface area contributed by atoms with Gasteiger partial charge in [-0.3, -0.25) is 4.79 Å². The summed E-state index contributed by atoms with van der Waals surface area (Å²) in [5.74, 6) is -0.996. The van der Waals surface area contributed by atoms with E-state index in [1.54, 1.807) is 6.92 Å². The van der Waals surface area contributed by atoms with E-state index in [4.69, 9.17) is 0 Å². The number of aryl methyl sites for hydroxylation is 2. The van der Waals surface area contributed by atoms with Crippen LogP contribution in [0.3, 0.4) is 0 Å². The van der Waals surface area contributed by atoms with Crippen LogP contribution < -0.4 is 0 Å². The van der Waals surface area contributed by atoms with Gasteiger partial charge in [-0.25, -0.2) is 0 Å². The lowest BCUT2D eigenvalue weighted by Crippen LogP contribution is -2.38. The number of aliphatic carboxylic acids is 1. The first kappa shape index (κ1) is 15.7. The Kier molecular flexibility index (Phi) is 4.11. The van der Waals surface area contributed by atoms with Gasteiger partial charge < -0.3 is 10.2 Å². The third-order valence-corrected chi connectivity index (χ3v) is 3.74. The summed E-state index contributed by atoms with van der Waals surface area (Å²) in [6.45, 7) is 11.4. The van der Waals surface area contributed by atoms with Gasteiger partial charge in [-0.05, 0) is 48.4 Å². The molecule has 0 heterocycles. The molecule has 0 aliphatic heterocycles. The highest BCUT2D eigenvalue weighted by molar-refractivity contribution is 5.82. The van der Waals surface area contributed by atoms with Crippen molar-refractivity contribution in [1.29, 1.82) is 0 Å². The monoisotopic (exact) mass is 264 g/mol. The first-order chi connectivity index (χ1) is 8.54. The number of benzene rings is 1. The standard InChI is InChI=1S/C16H24O3/c1-10-7-12(15(3,4)5)8-11(2)13(10)16(6,9-17)14(18)19/h7-8,17H,9H2,1-6H3,(H,18,19). The van der Waals surface area contributed by atoms with Gasteiger partial charge in [0.05, 0.1) is 6.61 Å². The molecular formula is C16H24O3. The van der Waals surface area contributed by atoms with E-state index in [0.717, 1.165) is 16.7 Å². The van der Waals surface area contributed by atoms with Crippen molar-refractivity contribution in [1.82, 2.24) is 0 Å². The number of hydrogen-bond donors (Lipinski definition) is 2. The summed E-state index contributed by atoms with van der Waals surface area (Å²) in [5, 5.41) is 18.9. The lowest BCUT2D eigenvalue weighted by atomic mass is 9.75. The number of aliphatic hydroxyl groups is 1. The van der Waals surface area contributed by atoms with Crippen molar-refractivity contribution in [2.45, 2.75) is 52.4 Å². The van der Waals surface area contributed by atoms with E-state index in [-0.39, 0.29) is 5.41 Å². The van der Waals surface area contributed by atoms with Crippen LogP contribution in [0.15, 0.2) is 12.1 Å². The smallest absolute Gasteiger partial charge is 0.316 e. The molecule has 1 aromatic carbocycles. The van der Waals surface area contributed by atoms with Gasteiger partial charge in [-0.15, -0.1) is 0 Å². The molecule has 0 saturated heterocycles. The van der Waals surface area contributed by atoms with Gasteiger partial charge >= 0.3 is 5.97 Å². The molecule has 0 fully saturated rings. The summed E-state index contributed by atoms with van der Waals surface area (Å²) < 4.78 is 0. The number of rotatable bonds is 3. The zero-order chi connectivity index (χ0) is 15.0. The molecule has 0 aliphatic rings. The third kappa shape index (κ3) is 2.81. The Bertz CT molecular complexity index is 474. The van der Waals surface area contributed by atoms with Gasteiger partial charge in [0.2, 0.25) is 0 Å². The fourth-order valence-corrected chi connectivity index (χ4v) is 2.52. The number of carboxylic acids is 1. The van der Waals surface area contributed by atoms with Crippen LogP contribution in [0.2, 0.25) is 0 Å². The van der Waals surface area contributed by atoms with Gasteiger partial charge in [0.15, 0.2) is 0 Å². The van der Waals surface area contributed by atoms with Crippen molar-refractivity contribution >= 4 is 5.97 Å². The Morgan fingerprint density at radius 1 is 1.11 bits per heavy atom. The van der Waals surface area contributed by atoms with Crippen molar-refractivity contribution in [3.8, 4) is 0 Å². The highest BCUT2D eigenvalue weighted by Gasteiger charge is 2.37. The van der Waals surface area contributed by atoms with Crippen molar-refractivity contribution in [3.63, 3.8) is 0 Å². The number of hydrogen-bond acceptors (Lipinski definition) is 2. The molecule has 1 rings (SSSR count). The van der Waals surface area contributed by atoms with Crippen molar-refractivity contribution in [2.24, 2.45) is 0 Å². The highest BCUT2D eigenvalue weighted by atomic mass is 16.4. The largest absolute Gasteiger partial charge is 0.481 e. The van der Waals surface area contributed by atoms with Gasteiger partial charge in [0, 0.05) is 0 Å². The second-order valence-corrected chi connectivity index (χ2v) is 6.53. The summed E-state index contributed by atoms with van der Waals surface area (Å²) in [5.41, 5.74) is 2.51. The summed E-state index contributed by atoms with van der Waals surface area (Å²) in [6, 6.07) is 4.05. The fourth-order valence-electron chi connectivity index (χ4n) is 2.52. The third-order valence-electron chi connectivity index (χ3n) is 3.74. The van der Waals surface area contributed by atoms with Crippen LogP contribution in [0, 0.1) is 13.8 Å². The predicted molar refractivity (Wildman–Crippen MR) is 76.7 cm³/mol. The number of carboxylic acid groups (broad SMARTS) is 1. The number of aliphatic hydroxyl groups excluding tert-OH is 1. The number of carbonyl (C=O) groups is 1. The van der Waals surface area contributed by atoms with Gasteiger partial charge in [0.25, 0.3) is 0 Å².